The quantitative estimate of drug-likeness (QED) is 0.571. The Kier molecular flexibility index (Phi) is 8.15. The molecule has 2 aromatic carbocycles. The van der Waals surface area contributed by atoms with Crippen molar-refractivity contribution in [3.05, 3.63) is 54.6 Å². The van der Waals surface area contributed by atoms with Gasteiger partial charge in [-0.25, -0.2) is 0 Å². The van der Waals surface area contributed by atoms with E-state index in [1.54, 1.807) is 12.1 Å². The van der Waals surface area contributed by atoms with Gasteiger partial charge in [0.15, 0.2) is 5.75 Å². The molecule has 2 aromatic rings. The molecule has 2 amide bonds. The van der Waals surface area contributed by atoms with Gasteiger partial charge in [-0.3, -0.25) is 9.59 Å². The lowest BCUT2D eigenvalue weighted by atomic mass is 10.2. The summed E-state index contributed by atoms with van der Waals surface area (Å²) >= 11 is 0. The van der Waals surface area contributed by atoms with Gasteiger partial charge in [-0.05, 0) is 43.7 Å². The summed E-state index contributed by atoms with van der Waals surface area (Å²) in [6.07, 6.45) is 3.01. The number of anilines is 1. The van der Waals surface area contributed by atoms with Crippen LogP contribution in [0.2, 0.25) is 0 Å². The minimum atomic E-state index is -0.301. The minimum absolute atomic E-state index is 0.0740. The average molecular weight is 355 g/mol. The number of hydrogen-bond donors (Lipinski definition) is 3. The van der Waals surface area contributed by atoms with Gasteiger partial charge >= 0.3 is 0 Å². The molecule has 0 spiro atoms. The van der Waals surface area contributed by atoms with Crippen LogP contribution in [0, 0.1) is 0 Å². The highest BCUT2D eigenvalue weighted by atomic mass is 16.5. The molecule has 0 aliphatic carbocycles. The second-order valence-electron chi connectivity index (χ2n) is 5.84. The minimum Gasteiger partial charge on any atom is -0.455 e. The third-order valence-electron chi connectivity index (χ3n) is 3.69. The van der Waals surface area contributed by atoms with Crippen molar-refractivity contribution in [2.24, 2.45) is 5.73 Å². The first-order valence-electron chi connectivity index (χ1n) is 8.77. The number of hydrogen-bond acceptors (Lipinski definition) is 4. The molecule has 6 heteroatoms. The molecule has 6 nitrogen and oxygen atoms in total. The Labute approximate surface area is 153 Å². The molecule has 0 unspecified atom stereocenters. The number of nitrogens with two attached hydrogens (primary N) is 1. The Morgan fingerprint density at radius 3 is 2.38 bits per heavy atom. The maximum atomic E-state index is 12.1. The van der Waals surface area contributed by atoms with Crippen molar-refractivity contribution in [3.8, 4) is 11.5 Å². The fourth-order valence-electron chi connectivity index (χ4n) is 2.34. The SMILES string of the molecule is NCCCCCC(=O)NCC(=O)Nc1ccccc1Oc1ccccc1. The van der Waals surface area contributed by atoms with Gasteiger partial charge in [0.25, 0.3) is 0 Å². The zero-order valence-corrected chi connectivity index (χ0v) is 14.7. The number of amides is 2. The van der Waals surface area contributed by atoms with Crippen molar-refractivity contribution in [2.45, 2.75) is 25.7 Å². The molecule has 0 aromatic heterocycles. The van der Waals surface area contributed by atoms with Gasteiger partial charge in [0, 0.05) is 6.42 Å². The summed E-state index contributed by atoms with van der Waals surface area (Å²) in [6.45, 7) is 0.559. The van der Waals surface area contributed by atoms with Gasteiger partial charge in [0.1, 0.15) is 5.75 Å². The molecule has 0 radical (unpaired) electrons. The van der Waals surface area contributed by atoms with E-state index in [4.69, 9.17) is 10.5 Å². The molecule has 0 atom stereocenters. The van der Waals surface area contributed by atoms with E-state index in [1.165, 1.54) is 0 Å². The molecule has 0 bridgehead atoms. The van der Waals surface area contributed by atoms with Gasteiger partial charge in [-0.15, -0.1) is 0 Å². The highest BCUT2D eigenvalue weighted by molar-refractivity contribution is 5.95. The zero-order valence-electron chi connectivity index (χ0n) is 14.7. The summed E-state index contributed by atoms with van der Waals surface area (Å²) < 4.78 is 5.80. The molecule has 0 aliphatic rings. The highest BCUT2D eigenvalue weighted by Crippen LogP contribution is 2.28. The van der Waals surface area contributed by atoms with E-state index in [0.29, 0.717) is 30.2 Å². The topological polar surface area (TPSA) is 93.5 Å². The Bertz CT molecular complexity index is 704. The number of nitrogens with one attached hydrogen (secondary N) is 2. The molecular weight excluding hydrogens is 330 g/mol. The van der Waals surface area contributed by atoms with Crippen LogP contribution in [0.3, 0.4) is 0 Å². The summed E-state index contributed by atoms with van der Waals surface area (Å²) in [6, 6.07) is 16.5. The van der Waals surface area contributed by atoms with Crippen molar-refractivity contribution in [1.82, 2.24) is 5.32 Å². The monoisotopic (exact) mass is 355 g/mol. The van der Waals surface area contributed by atoms with Crippen molar-refractivity contribution in [3.63, 3.8) is 0 Å². The van der Waals surface area contributed by atoms with Crippen molar-refractivity contribution in [2.75, 3.05) is 18.4 Å². The van der Waals surface area contributed by atoms with Crippen LogP contribution >= 0.6 is 0 Å². The van der Waals surface area contributed by atoms with Gasteiger partial charge in [0.05, 0.1) is 12.2 Å². The van der Waals surface area contributed by atoms with Crippen molar-refractivity contribution in [1.29, 1.82) is 0 Å². The predicted molar refractivity (Wildman–Crippen MR) is 102 cm³/mol. The van der Waals surface area contributed by atoms with Crippen LogP contribution in [0.15, 0.2) is 54.6 Å². The molecule has 0 heterocycles. The summed E-state index contributed by atoms with van der Waals surface area (Å²) in [7, 11) is 0. The maximum absolute atomic E-state index is 12.1. The van der Waals surface area contributed by atoms with E-state index in [0.717, 1.165) is 19.3 Å². The Morgan fingerprint density at radius 1 is 0.885 bits per heavy atom. The summed E-state index contributed by atoms with van der Waals surface area (Å²) in [5.74, 6) is 0.788. The normalized spacial score (nSPS) is 10.2. The van der Waals surface area contributed by atoms with E-state index in [-0.39, 0.29) is 18.4 Å². The molecule has 0 aliphatic heterocycles. The van der Waals surface area contributed by atoms with Crippen LogP contribution in [-0.4, -0.2) is 24.9 Å². The zero-order chi connectivity index (χ0) is 18.6. The summed E-state index contributed by atoms with van der Waals surface area (Å²) in [4.78, 5) is 23.8. The summed E-state index contributed by atoms with van der Waals surface area (Å²) in [5.41, 5.74) is 5.97. The second-order valence-corrected chi connectivity index (χ2v) is 5.84. The van der Waals surface area contributed by atoms with Crippen LogP contribution in [0.1, 0.15) is 25.7 Å². The number of benzene rings is 2. The van der Waals surface area contributed by atoms with Gasteiger partial charge in [-0.1, -0.05) is 36.8 Å². The van der Waals surface area contributed by atoms with E-state index >= 15 is 0 Å². The lowest BCUT2D eigenvalue weighted by Crippen LogP contribution is -2.32. The van der Waals surface area contributed by atoms with Crippen molar-refractivity contribution >= 4 is 17.5 Å². The Hall–Kier alpha value is -2.86. The van der Waals surface area contributed by atoms with E-state index < -0.39 is 0 Å². The number of ether oxygens (including phenoxy) is 1. The van der Waals surface area contributed by atoms with Crippen LogP contribution in [0.25, 0.3) is 0 Å². The fourth-order valence-corrected chi connectivity index (χ4v) is 2.34. The molecule has 2 rings (SSSR count). The standard InChI is InChI=1S/C20H25N3O3/c21-14-8-2-5-13-19(24)22-15-20(25)23-17-11-6-7-12-18(17)26-16-9-3-1-4-10-16/h1,3-4,6-7,9-12H,2,5,8,13-15,21H2,(H,22,24)(H,23,25). The average Bonchev–Trinajstić information content (AvgIpc) is 2.66. The first-order valence-corrected chi connectivity index (χ1v) is 8.77. The maximum Gasteiger partial charge on any atom is 0.243 e. The number of carbonyl (C=O) groups is 2. The molecule has 4 N–H and O–H groups in total. The highest BCUT2D eigenvalue weighted by Gasteiger charge is 2.10. The fraction of sp³-hybridized carbons (Fsp3) is 0.300. The predicted octanol–water partition coefficient (Wildman–Crippen LogP) is 3.05. The van der Waals surface area contributed by atoms with Gasteiger partial charge in [-0.2, -0.15) is 0 Å². The van der Waals surface area contributed by atoms with Crippen LogP contribution < -0.4 is 21.1 Å². The largest absolute Gasteiger partial charge is 0.455 e. The van der Waals surface area contributed by atoms with Gasteiger partial charge < -0.3 is 21.1 Å². The van der Waals surface area contributed by atoms with Crippen LogP contribution in [-0.2, 0) is 9.59 Å². The van der Waals surface area contributed by atoms with Crippen LogP contribution in [0.4, 0.5) is 5.69 Å². The number of rotatable bonds is 10. The van der Waals surface area contributed by atoms with E-state index in [2.05, 4.69) is 10.6 Å². The first-order chi connectivity index (χ1) is 12.7. The Morgan fingerprint density at radius 2 is 1.62 bits per heavy atom. The molecule has 0 saturated carbocycles. The lowest BCUT2D eigenvalue weighted by Gasteiger charge is -2.12. The Balaban J connectivity index is 1.82. The molecule has 0 saturated heterocycles. The molecular formula is C20H25N3O3. The third kappa shape index (κ3) is 6.94. The van der Waals surface area contributed by atoms with E-state index in [9.17, 15) is 9.59 Å². The van der Waals surface area contributed by atoms with Crippen molar-refractivity contribution < 1.29 is 14.3 Å². The molecule has 138 valence electrons. The van der Waals surface area contributed by atoms with Gasteiger partial charge in [0.2, 0.25) is 11.8 Å². The number of unbranched alkanes of at least 4 members (excludes halogenated alkanes) is 2. The first kappa shape index (κ1) is 19.5. The summed E-state index contributed by atoms with van der Waals surface area (Å²) in [5, 5.41) is 5.39. The lowest BCUT2D eigenvalue weighted by molar-refractivity contribution is -0.124. The molecule has 0 fully saturated rings. The number of carbonyl (C=O) groups excluding carboxylic acids is 2. The number of para-hydroxylation sites is 3. The third-order valence-corrected chi connectivity index (χ3v) is 3.69. The second kappa shape index (κ2) is 10.9. The van der Waals surface area contributed by atoms with E-state index in [1.807, 2.05) is 42.5 Å². The smallest absolute Gasteiger partial charge is 0.243 e. The molecule has 26 heavy (non-hydrogen) atoms. The van der Waals surface area contributed by atoms with Crippen LogP contribution in [0.5, 0.6) is 11.5 Å².